The molecule has 1 saturated heterocycles. The smallest absolute Gasteiger partial charge is 0.317 e. The first-order valence-electron chi connectivity index (χ1n) is 6.63. The van der Waals surface area contributed by atoms with Crippen LogP contribution in [0.5, 0.6) is 0 Å². The molecule has 1 aliphatic heterocycles. The fourth-order valence-corrected chi connectivity index (χ4v) is 3.74. The average Bonchev–Trinajstić information content (AvgIpc) is 2.38. The summed E-state index contributed by atoms with van der Waals surface area (Å²) in [7, 11) is -3.64. The zero-order chi connectivity index (χ0) is 15.5. The standard InChI is InChI=1S/C13H17F3N2O2S.ClH/c14-13(15,16)11-3-1-2-10(8-11)9-21(19,20)18-12-4-6-17-7-5-12;/h1-3,8,12,17-18H,4-7,9H2;1H. The molecule has 0 aliphatic carbocycles. The molecule has 0 unspecified atom stereocenters. The van der Waals surface area contributed by atoms with Crippen molar-refractivity contribution in [2.75, 3.05) is 13.1 Å². The predicted octanol–water partition coefficient (Wildman–Crippen LogP) is 2.30. The molecule has 4 nitrogen and oxygen atoms in total. The van der Waals surface area contributed by atoms with Crippen LogP contribution in [-0.4, -0.2) is 27.5 Å². The van der Waals surface area contributed by atoms with E-state index in [-0.39, 0.29) is 24.0 Å². The summed E-state index contributed by atoms with van der Waals surface area (Å²) >= 11 is 0. The van der Waals surface area contributed by atoms with Crippen molar-refractivity contribution in [2.24, 2.45) is 0 Å². The lowest BCUT2D eigenvalue weighted by molar-refractivity contribution is -0.137. The number of piperidine rings is 1. The normalized spacial score (nSPS) is 17.0. The van der Waals surface area contributed by atoms with Gasteiger partial charge in [0.05, 0.1) is 11.3 Å². The molecular formula is C13H18ClF3N2O2S. The lowest BCUT2D eigenvalue weighted by Crippen LogP contribution is -2.43. The van der Waals surface area contributed by atoms with Crippen LogP contribution >= 0.6 is 12.4 Å². The maximum absolute atomic E-state index is 12.6. The minimum Gasteiger partial charge on any atom is -0.317 e. The van der Waals surface area contributed by atoms with Gasteiger partial charge >= 0.3 is 6.18 Å². The van der Waals surface area contributed by atoms with E-state index < -0.39 is 27.5 Å². The number of rotatable bonds is 4. The number of hydrogen-bond acceptors (Lipinski definition) is 3. The first-order valence-corrected chi connectivity index (χ1v) is 8.28. The monoisotopic (exact) mass is 358 g/mol. The molecule has 0 radical (unpaired) electrons. The number of nitrogens with one attached hydrogen (secondary N) is 2. The van der Waals surface area contributed by atoms with Crippen molar-refractivity contribution in [3.05, 3.63) is 35.4 Å². The molecule has 2 N–H and O–H groups in total. The van der Waals surface area contributed by atoms with Crippen LogP contribution in [0.4, 0.5) is 13.2 Å². The van der Waals surface area contributed by atoms with E-state index in [0.717, 1.165) is 25.2 Å². The van der Waals surface area contributed by atoms with Gasteiger partial charge in [0.15, 0.2) is 0 Å². The van der Waals surface area contributed by atoms with Crippen molar-refractivity contribution in [1.82, 2.24) is 10.0 Å². The molecule has 1 fully saturated rings. The Labute approximate surface area is 133 Å². The number of alkyl halides is 3. The van der Waals surface area contributed by atoms with Gasteiger partial charge in [-0.2, -0.15) is 13.2 Å². The SMILES string of the molecule is Cl.O=S(=O)(Cc1cccc(C(F)(F)F)c1)NC1CCNCC1. The van der Waals surface area contributed by atoms with E-state index in [9.17, 15) is 21.6 Å². The van der Waals surface area contributed by atoms with E-state index in [0.29, 0.717) is 12.8 Å². The zero-order valence-corrected chi connectivity index (χ0v) is 13.3. The van der Waals surface area contributed by atoms with Gasteiger partial charge in [0, 0.05) is 6.04 Å². The van der Waals surface area contributed by atoms with E-state index in [1.807, 2.05) is 0 Å². The van der Waals surface area contributed by atoms with Gasteiger partial charge in [-0.25, -0.2) is 13.1 Å². The largest absolute Gasteiger partial charge is 0.416 e. The molecule has 1 aliphatic rings. The fourth-order valence-electron chi connectivity index (χ4n) is 2.29. The molecule has 0 amide bonds. The van der Waals surface area contributed by atoms with E-state index >= 15 is 0 Å². The first-order chi connectivity index (χ1) is 9.76. The third-order valence-corrected chi connectivity index (χ3v) is 4.70. The van der Waals surface area contributed by atoms with E-state index in [1.165, 1.54) is 12.1 Å². The molecule has 0 saturated carbocycles. The summed E-state index contributed by atoms with van der Waals surface area (Å²) in [4.78, 5) is 0. The molecule has 0 aromatic heterocycles. The molecular weight excluding hydrogens is 341 g/mol. The second kappa shape index (κ2) is 7.63. The number of benzene rings is 1. The molecule has 0 spiro atoms. The quantitative estimate of drug-likeness (QED) is 0.868. The van der Waals surface area contributed by atoms with Crippen LogP contribution in [0.3, 0.4) is 0 Å². The Hall–Kier alpha value is -0.830. The summed E-state index contributed by atoms with van der Waals surface area (Å²) in [5.74, 6) is -0.444. The molecule has 1 heterocycles. The average molecular weight is 359 g/mol. The minimum absolute atomic E-state index is 0. The van der Waals surface area contributed by atoms with Crippen molar-refractivity contribution in [3.8, 4) is 0 Å². The third kappa shape index (κ3) is 5.75. The molecule has 22 heavy (non-hydrogen) atoms. The predicted molar refractivity (Wildman–Crippen MR) is 80.3 cm³/mol. The van der Waals surface area contributed by atoms with Crippen molar-refractivity contribution in [2.45, 2.75) is 30.8 Å². The molecule has 0 atom stereocenters. The Bertz CT molecular complexity index is 587. The Morgan fingerprint density at radius 1 is 1.23 bits per heavy atom. The van der Waals surface area contributed by atoms with Gasteiger partial charge in [0.1, 0.15) is 0 Å². The molecule has 2 rings (SSSR count). The molecule has 0 bridgehead atoms. The molecule has 1 aromatic carbocycles. The van der Waals surface area contributed by atoms with Crippen LogP contribution in [-0.2, 0) is 22.0 Å². The first kappa shape index (κ1) is 19.2. The topological polar surface area (TPSA) is 58.2 Å². The Morgan fingerprint density at radius 2 is 1.86 bits per heavy atom. The van der Waals surface area contributed by atoms with Crippen molar-refractivity contribution in [1.29, 1.82) is 0 Å². The minimum atomic E-state index is -4.47. The summed E-state index contributed by atoms with van der Waals surface area (Å²) < 4.78 is 64.4. The van der Waals surface area contributed by atoms with E-state index in [1.54, 1.807) is 0 Å². The van der Waals surface area contributed by atoms with Crippen molar-refractivity contribution >= 4 is 22.4 Å². The highest BCUT2D eigenvalue weighted by Crippen LogP contribution is 2.29. The van der Waals surface area contributed by atoms with Crippen LogP contribution in [0.2, 0.25) is 0 Å². The maximum Gasteiger partial charge on any atom is 0.416 e. The lowest BCUT2D eigenvalue weighted by atomic mass is 10.1. The molecule has 1 aromatic rings. The highest BCUT2D eigenvalue weighted by atomic mass is 35.5. The molecule has 9 heteroatoms. The van der Waals surface area contributed by atoms with Crippen LogP contribution in [0.15, 0.2) is 24.3 Å². The van der Waals surface area contributed by atoms with Gasteiger partial charge in [-0.3, -0.25) is 0 Å². The number of sulfonamides is 1. The highest BCUT2D eigenvalue weighted by molar-refractivity contribution is 7.88. The second-order valence-electron chi connectivity index (χ2n) is 5.10. The van der Waals surface area contributed by atoms with Gasteiger partial charge < -0.3 is 5.32 Å². The highest BCUT2D eigenvalue weighted by Gasteiger charge is 2.30. The van der Waals surface area contributed by atoms with Crippen LogP contribution in [0, 0.1) is 0 Å². The maximum atomic E-state index is 12.6. The third-order valence-electron chi connectivity index (χ3n) is 3.30. The Morgan fingerprint density at radius 3 is 2.45 bits per heavy atom. The lowest BCUT2D eigenvalue weighted by Gasteiger charge is -2.23. The van der Waals surface area contributed by atoms with Crippen molar-refractivity contribution < 1.29 is 21.6 Å². The van der Waals surface area contributed by atoms with Gasteiger partial charge in [-0.1, -0.05) is 18.2 Å². The summed E-state index contributed by atoms with van der Waals surface area (Å²) in [5.41, 5.74) is -0.705. The van der Waals surface area contributed by atoms with Crippen LogP contribution < -0.4 is 10.0 Å². The van der Waals surface area contributed by atoms with E-state index in [2.05, 4.69) is 10.0 Å². The van der Waals surface area contributed by atoms with Crippen molar-refractivity contribution in [3.63, 3.8) is 0 Å². The van der Waals surface area contributed by atoms with Gasteiger partial charge in [-0.15, -0.1) is 12.4 Å². The summed E-state index contributed by atoms with van der Waals surface area (Å²) in [6.07, 6.45) is -3.11. The molecule has 126 valence electrons. The van der Waals surface area contributed by atoms with Crippen LogP contribution in [0.1, 0.15) is 24.0 Å². The second-order valence-corrected chi connectivity index (χ2v) is 6.85. The van der Waals surface area contributed by atoms with Gasteiger partial charge in [-0.05, 0) is 37.6 Å². The number of hydrogen-bond donors (Lipinski definition) is 2. The number of halogens is 4. The fraction of sp³-hybridized carbons (Fsp3) is 0.538. The summed E-state index contributed by atoms with van der Waals surface area (Å²) in [6, 6.07) is 4.26. The van der Waals surface area contributed by atoms with Gasteiger partial charge in [0.2, 0.25) is 10.0 Å². The summed E-state index contributed by atoms with van der Waals surface area (Å²) in [6.45, 7) is 1.47. The zero-order valence-electron chi connectivity index (χ0n) is 11.7. The summed E-state index contributed by atoms with van der Waals surface area (Å²) in [5, 5.41) is 3.11. The van der Waals surface area contributed by atoms with Gasteiger partial charge in [0.25, 0.3) is 0 Å². The Balaban J connectivity index is 0.00000242. The van der Waals surface area contributed by atoms with Crippen LogP contribution in [0.25, 0.3) is 0 Å². The Kier molecular flexibility index (Phi) is 6.66. The van der Waals surface area contributed by atoms with E-state index in [4.69, 9.17) is 0 Å².